The van der Waals surface area contributed by atoms with Crippen molar-refractivity contribution >= 4 is 18.0 Å². The van der Waals surface area contributed by atoms with Gasteiger partial charge >= 0.3 is 12.1 Å². The second-order valence-corrected chi connectivity index (χ2v) is 8.52. The highest BCUT2D eigenvalue weighted by Gasteiger charge is 2.72. The SMILES string of the molecule is O=C(CCOCCNC(=O)OCC1c2ccccc2-c2ccccc21)NCC1C(C(=O)O)C1(F)F. The number of fused-ring (bicyclic) bond motifs is 3. The van der Waals surface area contributed by atoms with Gasteiger partial charge in [-0.3, -0.25) is 9.59 Å². The topological polar surface area (TPSA) is 114 Å². The normalized spacial score (nSPS) is 19.4. The van der Waals surface area contributed by atoms with E-state index in [1.807, 2.05) is 36.4 Å². The van der Waals surface area contributed by atoms with E-state index in [1.54, 1.807) is 0 Å². The van der Waals surface area contributed by atoms with E-state index in [1.165, 1.54) is 0 Å². The number of alkyl carbamates (subject to hydrolysis) is 1. The maximum absolute atomic E-state index is 13.3. The summed E-state index contributed by atoms with van der Waals surface area (Å²) in [6, 6.07) is 16.1. The Morgan fingerprint density at radius 3 is 2.17 bits per heavy atom. The number of carboxylic acids is 1. The van der Waals surface area contributed by atoms with Crippen LogP contribution >= 0.6 is 0 Å². The molecule has 10 heteroatoms. The summed E-state index contributed by atoms with van der Waals surface area (Å²) in [4.78, 5) is 34.5. The van der Waals surface area contributed by atoms with Crippen LogP contribution < -0.4 is 10.6 Å². The molecule has 2 unspecified atom stereocenters. The lowest BCUT2D eigenvalue weighted by atomic mass is 9.98. The Kier molecular flexibility index (Phi) is 7.30. The Morgan fingerprint density at radius 1 is 0.943 bits per heavy atom. The lowest BCUT2D eigenvalue weighted by molar-refractivity contribution is -0.141. The maximum atomic E-state index is 13.3. The molecule has 186 valence electrons. The zero-order valence-electron chi connectivity index (χ0n) is 18.8. The van der Waals surface area contributed by atoms with E-state index < -0.39 is 42.3 Å². The van der Waals surface area contributed by atoms with Gasteiger partial charge in [-0.25, -0.2) is 13.6 Å². The van der Waals surface area contributed by atoms with Gasteiger partial charge in [0.05, 0.1) is 19.1 Å². The van der Waals surface area contributed by atoms with Gasteiger partial charge in [-0.1, -0.05) is 48.5 Å². The average molecular weight is 488 g/mol. The van der Waals surface area contributed by atoms with E-state index in [9.17, 15) is 23.2 Å². The number of ether oxygens (including phenoxy) is 2. The Balaban J connectivity index is 1.09. The van der Waals surface area contributed by atoms with Crippen LogP contribution in [0.5, 0.6) is 0 Å². The highest BCUT2D eigenvalue weighted by atomic mass is 19.3. The standard InChI is InChI=1S/C25H26F2N2O6/c26-25(27)20(22(25)23(31)32)13-29-21(30)9-11-34-12-10-28-24(33)35-14-19-17-7-3-1-5-15(17)16-6-2-4-8-18(16)19/h1-8,19-20,22H,9-14H2,(H,28,33)(H,29,30)(H,31,32). The van der Waals surface area contributed by atoms with Gasteiger partial charge in [-0.15, -0.1) is 0 Å². The van der Waals surface area contributed by atoms with Crippen LogP contribution in [0.25, 0.3) is 11.1 Å². The first kappa shape index (κ1) is 24.6. The molecule has 0 spiro atoms. The number of carbonyl (C=O) groups is 3. The van der Waals surface area contributed by atoms with Crippen molar-refractivity contribution in [1.29, 1.82) is 0 Å². The van der Waals surface area contributed by atoms with E-state index in [-0.39, 0.29) is 38.7 Å². The van der Waals surface area contributed by atoms with Crippen molar-refractivity contribution in [2.45, 2.75) is 18.3 Å². The van der Waals surface area contributed by atoms with Gasteiger partial charge in [0.1, 0.15) is 12.5 Å². The van der Waals surface area contributed by atoms with Gasteiger partial charge < -0.3 is 25.2 Å². The number of halogens is 2. The van der Waals surface area contributed by atoms with Gasteiger partial charge in [0.2, 0.25) is 5.91 Å². The Hall–Kier alpha value is -3.53. The fourth-order valence-electron chi connectivity index (χ4n) is 4.43. The molecule has 1 saturated carbocycles. The van der Waals surface area contributed by atoms with Crippen LogP contribution in [0.4, 0.5) is 13.6 Å². The quantitative estimate of drug-likeness (QED) is 0.419. The molecule has 0 saturated heterocycles. The number of carboxylic acid groups (broad SMARTS) is 1. The molecule has 1 fully saturated rings. The van der Waals surface area contributed by atoms with Gasteiger partial charge in [-0.2, -0.15) is 0 Å². The highest BCUT2D eigenvalue weighted by Crippen LogP contribution is 2.54. The van der Waals surface area contributed by atoms with Gasteiger partial charge in [0.25, 0.3) is 5.92 Å². The molecule has 0 aromatic heterocycles. The summed E-state index contributed by atoms with van der Waals surface area (Å²) in [6.45, 7) is 0.142. The number of rotatable bonds is 11. The van der Waals surface area contributed by atoms with E-state index >= 15 is 0 Å². The van der Waals surface area contributed by atoms with Crippen molar-refractivity contribution < 1.29 is 37.7 Å². The second-order valence-electron chi connectivity index (χ2n) is 8.52. The minimum absolute atomic E-state index is 0.0294. The zero-order chi connectivity index (χ0) is 25.0. The molecule has 2 atom stereocenters. The number of aliphatic carboxylic acids is 1. The number of hydrogen-bond acceptors (Lipinski definition) is 5. The molecule has 2 amide bonds. The van der Waals surface area contributed by atoms with E-state index in [2.05, 4.69) is 22.8 Å². The fraction of sp³-hybridized carbons (Fsp3) is 0.400. The molecule has 2 aliphatic rings. The van der Waals surface area contributed by atoms with Crippen LogP contribution in [0.3, 0.4) is 0 Å². The molecule has 2 aromatic rings. The third kappa shape index (κ3) is 5.43. The molecule has 0 heterocycles. The summed E-state index contributed by atoms with van der Waals surface area (Å²) in [7, 11) is 0. The first-order valence-electron chi connectivity index (χ1n) is 11.3. The van der Waals surface area contributed by atoms with Gasteiger partial charge in [0.15, 0.2) is 0 Å². The van der Waals surface area contributed by atoms with Crippen molar-refractivity contribution in [1.82, 2.24) is 10.6 Å². The van der Waals surface area contributed by atoms with Crippen molar-refractivity contribution in [2.75, 3.05) is 32.9 Å². The third-order valence-electron chi connectivity index (χ3n) is 6.32. The fourth-order valence-corrected chi connectivity index (χ4v) is 4.43. The first-order valence-corrected chi connectivity index (χ1v) is 11.3. The number of hydrogen-bond donors (Lipinski definition) is 3. The molecular formula is C25H26F2N2O6. The Labute approximate surface area is 200 Å². The van der Waals surface area contributed by atoms with Crippen LogP contribution in [0.15, 0.2) is 48.5 Å². The van der Waals surface area contributed by atoms with E-state index in [4.69, 9.17) is 14.6 Å². The van der Waals surface area contributed by atoms with Crippen molar-refractivity contribution in [3.63, 3.8) is 0 Å². The van der Waals surface area contributed by atoms with Crippen LogP contribution in [-0.4, -0.2) is 61.9 Å². The minimum Gasteiger partial charge on any atom is -0.481 e. The minimum atomic E-state index is -3.29. The number of nitrogens with one attached hydrogen (secondary N) is 2. The third-order valence-corrected chi connectivity index (χ3v) is 6.32. The zero-order valence-corrected chi connectivity index (χ0v) is 18.8. The highest BCUT2D eigenvalue weighted by molar-refractivity contribution is 5.79. The second kappa shape index (κ2) is 10.4. The number of amides is 2. The van der Waals surface area contributed by atoms with E-state index in [0.717, 1.165) is 22.3 Å². The van der Waals surface area contributed by atoms with Crippen molar-refractivity contribution in [3.8, 4) is 11.1 Å². The molecular weight excluding hydrogens is 462 g/mol. The molecule has 0 bridgehead atoms. The van der Waals surface area contributed by atoms with Crippen LogP contribution in [0.1, 0.15) is 23.5 Å². The monoisotopic (exact) mass is 488 g/mol. The summed E-state index contributed by atoms with van der Waals surface area (Å²) >= 11 is 0. The summed E-state index contributed by atoms with van der Waals surface area (Å²) in [5, 5.41) is 13.6. The van der Waals surface area contributed by atoms with Crippen LogP contribution in [0.2, 0.25) is 0 Å². The number of alkyl halides is 2. The predicted octanol–water partition coefficient (Wildman–Crippen LogP) is 3.01. The molecule has 4 rings (SSSR count). The smallest absolute Gasteiger partial charge is 0.407 e. The van der Waals surface area contributed by atoms with Gasteiger partial charge in [-0.05, 0) is 22.3 Å². The van der Waals surface area contributed by atoms with Crippen molar-refractivity contribution in [2.24, 2.45) is 11.8 Å². The Bertz CT molecular complexity index is 1060. The molecule has 8 nitrogen and oxygen atoms in total. The van der Waals surface area contributed by atoms with E-state index in [0.29, 0.717) is 0 Å². The summed E-state index contributed by atoms with van der Waals surface area (Å²) in [6.07, 6.45) is -0.646. The number of benzene rings is 2. The summed E-state index contributed by atoms with van der Waals surface area (Å²) in [5.74, 6) is -8.54. The Morgan fingerprint density at radius 2 is 1.57 bits per heavy atom. The van der Waals surface area contributed by atoms with Crippen LogP contribution in [-0.2, 0) is 19.1 Å². The lowest BCUT2D eigenvalue weighted by Crippen LogP contribution is -2.30. The summed E-state index contributed by atoms with van der Waals surface area (Å²) < 4.78 is 37.3. The summed E-state index contributed by atoms with van der Waals surface area (Å²) in [5.41, 5.74) is 4.52. The lowest BCUT2D eigenvalue weighted by Gasteiger charge is -2.14. The molecule has 35 heavy (non-hydrogen) atoms. The molecule has 2 aromatic carbocycles. The average Bonchev–Trinajstić information content (AvgIpc) is 3.25. The molecule has 2 aliphatic carbocycles. The molecule has 0 aliphatic heterocycles. The van der Waals surface area contributed by atoms with Crippen molar-refractivity contribution in [3.05, 3.63) is 59.7 Å². The molecule has 3 N–H and O–H groups in total. The van der Waals surface area contributed by atoms with Crippen LogP contribution in [0, 0.1) is 11.8 Å². The maximum Gasteiger partial charge on any atom is 0.407 e. The van der Waals surface area contributed by atoms with Gasteiger partial charge in [0, 0.05) is 25.4 Å². The predicted molar refractivity (Wildman–Crippen MR) is 121 cm³/mol. The number of carbonyl (C=O) groups excluding carboxylic acids is 2. The first-order chi connectivity index (χ1) is 16.8. The largest absolute Gasteiger partial charge is 0.481 e. The molecule has 0 radical (unpaired) electrons.